The summed E-state index contributed by atoms with van der Waals surface area (Å²) in [5.74, 6) is 2.99. The molecule has 0 heterocycles. The molecule has 13 heavy (non-hydrogen) atoms. The Labute approximate surface area is 85.6 Å². The van der Waals surface area contributed by atoms with Crippen molar-refractivity contribution < 1.29 is 4.21 Å². The van der Waals surface area contributed by atoms with Crippen LogP contribution in [0.3, 0.4) is 0 Å². The minimum absolute atomic E-state index is 0.458. The van der Waals surface area contributed by atoms with E-state index in [9.17, 15) is 4.21 Å². The average molecular weight is 213 g/mol. The zero-order valence-corrected chi connectivity index (χ0v) is 8.78. The lowest BCUT2D eigenvalue weighted by Gasteiger charge is -2.02. The summed E-state index contributed by atoms with van der Waals surface area (Å²) in [6.07, 6.45) is 6.92. The lowest BCUT2D eigenvalue weighted by molar-refractivity contribution is 0.686. The van der Waals surface area contributed by atoms with Crippen LogP contribution in [0.25, 0.3) is 0 Å². The Morgan fingerprint density at radius 3 is 2.85 bits per heavy atom. The summed E-state index contributed by atoms with van der Waals surface area (Å²) < 4.78 is 11.0. The lowest BCUT2D eigenvalue weighted by Crippen LogP contribution is -1.95. The zero-order valence-electron chi connectivity index (χ0n) is 7.21. The van der Waals surface area contributed by atoms with Gasteiger partial charge >= 0.3 is 0 Å². The summed E-state index contributed by atoms with van der Waals surface area (Å²) in [4.78, 5) is 0. The number of halogens is 1. The largest absolute Gasteiger partial charge is 0.260 e. The molecule has 1 aromatic rings. The van der Waals surface area contributed by atoms with Crippen molar-refractivity contribution in [3.8, 4) is 12.3 Å². The SMILES string of the molecule is C#Cc1ccc(Cl)cc1CS(C)=O. The number of rotatable bonds is 2. The first-order valence-electron chi connectivity index (χ1n) is 3.68. The molecule has 1 nitrogen and oxygen atoms in total. The molecule has 0 bridgehead atoms. The summed E-state index contributed by atoms with van der Waals surface area (Å²) in [6.45, 7) is 0. The fourth-order valence-electron chi connectivity index (χ4n) is 1.04. The highest BCUT2D eigenvalue weighted by atomic mass is 35.5. The highest BCUT2D eigenvalue weighted by Crippen LogP contribution is 2.16. The van der Waals surface area contributed by atoms with Crippen molar-refractivity contribution in [2.45, 2.75) is 5.75 Å². The monoisotopic (exact) mass is 212 g/mol. The molecule has 0 saturated heterocycles. The quantitative estimate of drug-likeness (QED) is 0.687. The van der Waals surface area contributed by atoms with Gasteiger partial charge in [0, 0.05) is 33.4 Å². The molecule has 0 aliphatic heterocycles. The summed E-state index contributed by atoms with van der Waals surface area (Å²) in [5, 5.41) is 0.624. The van der Waals surface area contributed by atoms with E-state index in [0.717, 1.165) is 11.1 Å². The van der Waals surface area contributed by atoms with Crippen molar-refractivity contribution in [3.05, 3.63) is 34.3 Å². The van der Waals surface area contributed by atoms with E-state index in [0.29, 0.717) is 10.8 Å². The Balaban J connectivity index is 3.10. The van der Waals surface area contributed by atoms with Crippen molar-refractivity contribution in [3.63, 3.8) is 0 Å². The van der Waals surface area contributed by atoms with Crippen molar-refractivity contribution in [1.82, 2.24) is 0 Å². The van der Waals surface area contributed by atoms with Gasteiger partial charge in [-0.05, 0) is 23.8 Å². The maximum Gasteiger partial charge on any atom is 0.0495 e. The van der Waals surface area contributed by atoms with Gasteiger partial charge < -0.3 is 0 Å². The molecule has 0 aromatic heterocycles. The number of hydrogen-bond acceptors (Lipinski definition) is 1. The van der Waals surface area contributed by atoms with Gasteiger partial charge in [0.25, 0.3) is 0 Å². The first-order chi connectivity index (χ1) is 6.13. The predicted molar refractivity (Wildman–Crippen MR) is 57.2 cm³/mol. The molecule has 0 radical (unpaired) electrons. The molecule has 1 aromatic carbocycles. The van der Waals surface area contributed by atoms with Gasteiger partial charge in [-0.2, -0.15) is 0 Å². The summed E-state index contributed by atoms with van der Waals surface area (Å²) in [5.41, 5.74) is 1.63. The smallest absolute Gasteiger partial charge is 0.0495 e. The third-order valence-electron chi connectivity index (χ3n) is 1.58. The van der Waals surface area contributed by atoms with Gasteiger partial charge in [-0.15, -0.1) is 6.42 Å². The molecule has 0 N–H and O–H groups in total. The molecular formula is C10H9ClOS. The Hall–Kier alpha value is -0.780. The molecule has 68 valence electrons. The van der Waals surface area contributed by atoms with E-state index in [2.05, 4.69) is 5.92 Å². The second kappa shape index (κ2) is 4.45. The van der Waals surface area contributed by atoms with Crippen LogP contribution < -0.4 is 0 Å². The molecule has 1 atom stereocenters. The van der Waals surface area contributed by atoms with E-state index >= 15 is 0 Å². The standard InChI is InChI=1S/C10H9ClOS/c1-3-8-4-5-10(11)6-9(8)7-13(2)12/h1,4-6H,7H2,2H3. The fraction of sp³-hybridized carbons (Fsp3) is 0.200. The summed E-state index contributed by atoms with van der Waals surface area (Å²) in [6, 6.07) is 5.27. The van der Waals surface area contributed by atoms with E-state index in [1.807, 2.05) is 0 Å². The molecular weight excluding hydrogens is 204 g/mol. The van der Waals surface area contributed by atoms with Crippen LogP contribution >= 0.6 is 11.6 Å². The van der Waals surface area contributed by atoms with Crippen molar-refractivity contribution in [1.29, 1.82) is 0 Å². The fourth-order valence-corrected chi connectivity index (χ4v) is 1.91. The van der Waals surface area contributed by atoms with Crippen molar-refractivity contribution >= 4 is 22.4 Å². The van der Waals surface area contributed by atoms with Gasteiger partial charge in [0.1, 0.15) is 0 Å². The first kappa shape index (κ1) is 10.3. The van der Waals surface area contributed by atoms with E-state index in [1.54, 1.807) is 24.5 Å². The van der Waals surface area contributed by atoms with Crippen LogP contribution in [-0.2, 0) is 16.6 Å². The molecule has 0 saturated carbocycles. The molecule has 1 rings (SSSR count). The number of hydrogen-bond donors (Lipinski definition) is 0. The molecule has 0 aliphatic rings. The average Bonchev–Trinajstić information content (AvgIpc) is 2.03. The minimum Gasteiger partial charge on any atom is -0.260 e. The van der Waals surface area contributed by atoms with Crippen LogP contribution in [-0.4, -0.2) is 10.5 Å². The zero-order chi connectivity index (χ0) is 9.84. The maximum atomic E-state index is 11.0. The summed E-state index contributed by atoms with van der Waals surface area (Å²) >= 11 is 5.79. The van der Waals surface area contributed by atoms with E-state index in [4.69, 9.17) is 18.0 Å². The normalized spacial score (nSPS) is 12.1. The molecule has 3 heteroatoms. The number of terminal acetylenes is 1. The van der Waals surface area contributed by atoms with Crippen LogP contribution in [0.1, 0.15) is 11.1 Å². The topological polar surface area (TPSA) is 17.1 Å². The van der Waals surface area contributed by atoms with Gasteiger partial charge in [0.15, 0.2) is 0 Å². The van der Waals surface area contributed by atoms with E-state index in [-0.39, 0.29) is 0 Å². The number of benzene rings is 1. The third-order valence-corrected chi connectivity index (χ3v) is 2.53. The van der Waals surface area contributed by atoms with Crippen LogP contribution in [0.2, 0.25) is 5.02 Å². The van der Waals surface area contributed by atoms with Crippen LogP contribution in [0, 0.1) is 12.3 Å². The Bertz CT molecular complexity index is 379. The molecule has 0 spiro atoms. The highest BCUT2D eigenvalue weighted by molar-refractivity contribution is 7.83. The van der Waals surface area contributed by atoms with Crippen molar-refractivity contribution in [2.75, 3.05) is 6.26 Å². The third kappa shape index (κ3) is 2.87. The Morgan fingerprint density at radius 1 is 1.62 bits per heavy atom. The highest BCUT2D eigenvalue weighted by Gasteiger charge is 2.02. The lowest BCUT2D eigenvalue weighted by atomic mass is 10.1. The molecule has 0 aliphatic carbocycles. The van der Waals surface area contributed by atoms with Crippen molar-refractivity contribution in [2.24, 2.45) is 0 Å². The summed E-state index contributed by atoms with van der Waals surface area (Å²) in [7, 11) is -0.891. The van der Waals surface area contributed by atoms with E-state index in [1.165, 1.54) is 0 Å². The second-order valence-corrected chi connectivity index (χ2v) is 4.53. The molecule has 0 amide bonds. The van der Waals surface area contributed by atoms with Crippen LogP contribution in [0.5, 0.6) is 0 Å². The first-order valence-corrected chi connectivity index (χ1v) is 5.79. The van der Waals surface area contributed by atoms with Gasteiger partial charge in [-0.25, -0.2) is 0 Å². The van der Waals surface area contributed by atoms with Gasteiger partial charge in [-0.1, -0.05) is 17.5 Å². The Morgan fingerprint density at radius 2 is 2.31 bits per heavy atom. The van der Waals surface area contributed by atoms with Gasteiger partial charge in [0.2, 0.25) is 0 Å². The van der Waals surface area contributed by atoms with Crippen LogP contribution in [0.15, 0.2) is 18.2 Å². The second-order valence-electron chi connectivity index (χ2n) is 2.66. The molecule has 0 fully saturated rings. The van der Waals surface area contributed by atoms with E-state index < -0.39 is 10.8 Å². The minimum atomic E-state index is -0.891. The maximum absolute atomic E-state index is 11.0. The molecule has 1 unspecified atom stereocenters. The van der Waals surface area contributed by atoms with Gasteiger partial charge in [0.05, 0.1) is 0 Å². The Kier molecular flexibility index (Phi) is 3.53. The predicted octanol–water partition coefficient (Wildman–Crippen LogP) is 2.20. The van der Waals surface area contributed by atoms with Crippen LogP contribution in [0.4, 0.5) is 0 Å². The van der Waals surface area contributed by atoms with Gasteiger partial charge in [-0.3, -0.25) is 4.21 Å².